The van der Waals surface area contributed by atoms with Crippen molar-refractivity contribution in [2.45, 2.75) is 59.4 Å². The first-order valence-corrected chi connectivity index (χ1v) is 7.07. The number of ether oxygens (including phenoxy) is 1. The molecule has 0 aliphatic carbocycles. The summed E-state index contributed by atoms with van der Waals surface area (Å²) >= 11 is 0. The van der Waals surface area contributed by atoms with E-state index < -0.39 is 0 Å². The molecule has 0 fully saturated rings. The first-order valence-electron chi connectivity index (χ1n) is 7.07. The highest BCUT2D eigenvalue weighted by Crippen LogP contribution is 2.25. The summed E-state index contributed by atoms with van der Waals surface area (Å²) in [5.41, 5.74) is 10.0. The van der Waals surface area contributed by atoms with Crippen molar-refractivity contribution in [2.75, 3.05) is 6.61 Å². The highest BCUT2D eigenvalue weighted by molar-refractivity contribution is 5.43. The van der Waals surface area contributed by atoms with E-state index in [4.69, 9.17) is 10.5 Å². The average molecular weight is 249 g/mol. The van der Waals surface area contributed by atoms with Crippen LogP contribution in [0.5, 0.6) is 5.75 Å². The van der Waals surface area contributed by atoms with Crippen LogP contribution in [0.15, 0.2) is 12.1 Å². The van der Waals surface area contributed by atoms with Gasteiger partial charge in [-0.05, 0) is 69.2 Å². The molecule has 0 saturated carbocycles. The lowest BCUT2D eigenvalue weighted by molar-refractivity contribution is 0.337. The predicted octanol–water partition coefficient (Wildman–Crippen LogP) is 3.76. The van der Waals surface area contributed by atoms with Crippen LogP contribution in [0.3, 0.4) is 0 Å². The molecule has 0 saturated heterocycles. The summed E-state index contributed by atoms with van der Waals surface area (Å²) in [4.78, 5) is 0. The number of benzene rings is 1. The molecule has 0 heterocycles. The van der Waals surface area contributed by atoms with E-state index in [1.165, 1.54) is 23.1 Å². The Morgan fingerprint density at radius 2 is 1.89 bits per heavy atom. The maximum atomic E-state index is 5.95. The van der Waals surface area contributed by atoms with Crippen LogP contribution in [0, 0.1) is 13.8 Å². The van der Waals surface area contributed by atoms with Crippen LogP contribution in [-0.2, 0) is 6.42 Å². The Labute approximate surface area is 112 Å². The summed E-state index contributed by atoms with van der Waals surface area (Å²) < 4.78 is 5.61. The van der Waals surface area contributed by atoms with E-state index in [1.807, 2.05) is 6.92 Å². The van der Waals surface area contributed by atoms with Crippen LogP contribution in [0.2, 0.25) is 0 Å². The molecule has 2 heteroatoms. The van der Waals surface area contributed by atoms with Crippen LogP contribution in [0.25, 0.3) is 0 Å². The van der Waals surface area contributed by atoms with Crippen molar-refractivity contribution >= 4 is 0 Å². The first-order chi connectivity index (χ1) is 8.60. The Balaban J connectivity index is 2.64. The predicted molar refractivity (Wildman–Crippen MR) is 78.3 cm³/mol. The van der Waals surface area contributed by atoms with Gasteiger partial charge >= 0.3 is 0 Å². The Hall–Kier alpha value is -1.02. The Morgan fingerprint density at radius 1 is 1.17 bits per heavy atom. The molecular weight excluding hydrogens is 222 g/mol. The van der Waals surface area contributed by atoms with E-state index in [9.17, 15) is 0 Å². The van der Waals surface area contributed by atoms with E-state index in [0.717, 1.165) is 31.6 Å². The lowest BCUT2D eigenvalue weighted by Crippen LogP contribution is -2.18. The SMILES string of the molecule is CCOc1ccc(CCCC(N)CC)c(C)c1C. The quantitative estimate of drug-likeness (QED) is 0.798. The summed E-state index contributed by atoms with van der Waals surface area (Å²) in [5, 5.41) is 0. The van der Waals surface area contributed by atoms with Gasteiger partial charge in [-0.25, -0.2) is 0 Å². The molecule has 0 aromatic heterocycles. The molecule has 0 amide bonds. The summed E-state index contributed by atoms with van der Waals surface area (Å²) in [6.07, 6.45) is 4.47. The second-order valence-corrected chi connectivity index (χ2v) is 4.97. The second kappa shape index (κ2) is 7.42. The van der Waals surface area contributed by atoms with Crippen molar-refractivity contribution in [1.82, 2.24) is 0 Å². The Kier molecular flexibility index (Phi) is 6.20. The molecule has 102 valence electrons. The lowest BCUT2D eigenvalue weighted by Gasteiger charge is -2.14. The molecule has 1 rings (SSSR count). The molecule has 0 aliphatic rings. The maximum absolute atomic E-state index is 5.95. The smallest absolute Gasteiger partial charge is 0.122 e. The van der Waals surface area contributed by atoms with Crippen molar-refractivity contribution in [3.63, 3.8) is 0 Å². The molecule has 1 aromatic carbocycles. The third kappa shape index (κ3) is 4.02. The fraction of sp³-hybridized carbons (Fsp3) is 0.625. The van der Waals surface area contributed by atoms with E-state index in [0.29, 0.717) is 6.04 Å². The van der Waals surface area contributed by atoms with Gasteiger partial charge in [0.1, 0.15) is 5.75 Å². The molecule has 1 unspecified atom stereocenters. The minimum absolute atomic E-state index is 0.356. The summed E-state index contributed by atoms with van der Waals surface area (Å²) in [6, 6.07) is 4.65. The molecule has 1 atom stereocenters. The summed E-state index contributed by atoms with van der Waals surface area (Å²) in [5.74, 6) is 1.02. The van der Waals surface area contributed by atoms with E-state index >= 15 is 0 Å². The zero-order valence-corrected chi connectivity index (χ0v) is 12.3. The van der Waals surface area contributed by atoms with Gasteiger partial charge in [0.15, 0.2) is 0 Å². The van der Waals surface area contributed by atoms with Crippen molar-refractivity contribution in [3.8, 4) is 5.75 Å². The molecule has 2 nitrogen and oxygen atoms in total. The minimum atomic E-state index is 0.356. The number of nitrogens with two attached hydrogens (primary N) is 1. The molecule has 18 heavy (non-hydrogen) atoms. The number of hydrogen-bond acceptors (Lipinski definition) is 2. The van der Waals surface area contributed by atoms with Gasteiger partial charge in [-0.2, -0.15) is 0 Å². The monoisotopic (exact) mass is 249 g/mol. The zero-order valence-electron chi connectivity index (χ0n) is 12.3. The molecule has 0 aliphatic heterocycles. The van der Waals surface area contributed by atoms with Gasteiger partial charge in [0.25, 0.3) is 0 Å². The van der Waals surface area contributed by atoms with E-state index in [2.05, 4.69) is 32.9 Å². The van der Waals surface area contributed by atoms with Gasteiger partial charge in [-0.15, -0.1) is 0 Å². The van der Waals surface area contributed by atoms with Gasteiger partial charge in [0, 0.05) is 6.04 Å². The normalized spacial score (nSPS) is 12.5. The number of rotatable bonds is 7. The minimum Gasteiger partial charge on any atom is -0.494 e. The Morgan fingerprint density at radius 3 is 2.50 bits per heavy atom. The van der Waals surface area contributed by atoms with Crippen LogP contribution in [0.4, 0.5) is 0 Å². The van der Waals surface area contributed by atoms with E-state index in [1.54, 1.807) is 0 Å². The zero-order chi connectivity index (χ0) is 13.5. The molecule has 0 spiro atoms. The van der Waals surface area contributed by atoms with Crippen molar-refractivity contribution in [2.24, 2.45) is 5.73 Å². The topological polar surface area (TPSA) is 35.2 Å². The second-order valence-electron chi connectivity index (χ2n) is 4.97. The van der Waals surface area contributed by atoms with Crippen LogP contribution in [-0.4, -0.2) is 12.6 Å². The van der Waals surface area contributed by atoms with Gasteiger partial charge < -0.3 is 10.5 Å². The summed E-state index contributed by atoms with van der Waals surface area (Å²) in [6.45, 7) is 9.23. The first kappa shape index (κ1) is 15.0. The highest BCUT2D eigenvalue weighted by atomic mass is 16.5. The number of hydrogen-bond donors (Lipinski definition) is 1. The fourth-order valence-electron chi connectivity index (χ4n) is 2.19. The van der Waals surface area contributed by atoms with Crippen LogP contribution < -0.4 is 10.5 Å². The van der Waals surface area contributed by atoms with Crippen LogP contribution in [0.1, 0.15) is 49.8 Å². The number of aryl methyl sites for hydroxylation is 1. The summed E-state index contributed by atoms with van der Waals surface area (Å²) in [7, 11) is 0. The fourth-order valence-corrected chi connectivity index (χ4v) is 2.19. The molecule has 1 aromatic rings. The van der Waals surface area contributed by atoms with Crippen molar-refractivity contribution < 1.29 is 4.74 Å². The van der Waals surface area contributed by atoms with E-state index in [-0.39, 0.29) is 0 Å². The van der Waals surface area contributed by atoms with Crippen molar-refractivity contribution in [3.05, 3.63) is 28.8 Å². The Bertz CT molecular complexity index is 374. The van der Waals surface area contributed by atoms with Gasteiger partial charge in [0.05, 0.1) is 6.61 Å². The third-order valence-electron chi connectivity index (χ3n) is 3.69. The average Bonchev–Trinajstić information content (AvgIpc) is 2.37. The van der Waals surface area contributed by atoms with Gasteiger partial charge in [-0.3, -0.25) is 0 Å². The highest BCUT2D eigenvalue weighted by Gasteiger charge is 2.07. The largest absolute Gasteiger partial charge is 0.494 e. The van der Waals surface area contributed by atoms with Crippen molar-refractivity contribution in [1.29, 1.82) is 0 Å². The molecule has 0 radical (unpaired) electrons. The third-order valence-corrected chi connectivity index (χ3v) is 3.69. The van der Waals surface area contributed by atoms with Gasteiger partial charge in [-0.1, -0.05) is 13.0 Å². The van der Waals surface area contributed by atoms with Crippen LogP contribution >= 0.6 is 0 Å². The molecule has 2 N–H and O–H groups in total. The lowest BCUT2D eigenvalue weighted by atomic mass is 9.97. The maximum Gasteiger partial charge on any atom is 0.122 e. The standard InChI is InChI=1S/C16H27NO/c1-5-15(17)9-7-8-14-10-11-16(18-6-2)13(4)12(14)3/h10-11,15H,5-9,17H2,1-4H3. The molecule has 0 bridgehead atoms. The van der Waals surface area contributed by atoms with Gasteiger partial charge in [0.2, 0.25) is 0 Å². The molecular formula is C16H27NO.